The lowest BCUT2D eigenvalue weighted by molar-refractivity contribution is -0.149. The monoisotopic (exact) mass is 330 g/mol. The Balaban J connectivity index is 2.77. The summed E-state index contributed by atoms with van der Waals surface area (Å²) >= 11 is 2.96. The minimum absolute atomic E-state index is 0.196. The van der Waals surface area contributed by atoms with E-state index >= 15 is 0 Å². The zero-order chi connectivity index (χ0) is 16.0. The predicted octanol–water partition coefficient (Wildman–Crippen LogP) is 2.56. The van der Waals surface area contributed by atoms with Crippen LogP contribution in [0, 0.1) is 13.8 Å². The molecule has 0 spiro atoms. The first-order valence-corrected chi connectivity index (χ1v) is 9.00. The number of hydrogen-bond acceptors (Lipinski definition) is 6. The fourth-order valence-electron chi connectivity index (χ4n) is 1.76. The van der Waals surface area contributed by atoms with E-state index in [-0.39, 0.29) is 18.0 Å². The fourth-order valence-corrected chi connectivity index (χ4v) is 3.06. The van der Waals surface area contributed by atoms with Gasteiger partial charge in [-0.3, -0.25) is 4.79 Å². The van der Waals surface area contributed by atoms with E-state index in [4.69, 9.17) is 4.74 Å². The van der Waals surface area contributed by atoms with Crippen molar-refractivity contribution in [2.45, 2.75) is 46.3 Å². The van der Waals surface area contributed by atoms with E-state index in [1.54, 1.807) is 32.5 Å². The molecule has 118 valence electrons. The largest absolute Gasteiger partial charge is 0.461 e. The molecule has 1 aromatic rings. The summed E-state index contributed by atoms with van der Waals surface area (Å²) in [5.74, 6) is 0.134. The maximum Gasteiger partial charge on any atom is 0.328 e. The molecule has 0 radical (unpaired) electrons. The Morgan fingerprint density at radius 1 is 1.38 bits per heavy atom. The third kappa shape index (κ3) is 5.67. The van der Waals surface area contributed by atoms with Crippen molar-refractivity contribution in [1.29, 1.82) is 0 Å². The van der Waals surface area contributed by atoms with Gasteiger partial charge in [-0.15, -0.1) is 11.3 Å². The Hall–Kier alpha value is -1.08. The Labute approximate surface area is 133 Å². The Kier molecular flexibility index (Phi) is 7.17. The lowest BCUT2D eigenvalue weighted by Gasteiger charge is -2.18. The Morgan fingerprint density at radius 3 is 2.52 bits per heavy atom. The van der Waals surface area contributed by atoms with Crippen molar-refractivity contribution < 1.29 is 14.3 Å². The highest BCUT2D eigenvalue weighted by atomic mass is 32.2. The molecule has 0 saturated heterocycles. The molecule has 7 heteroatoms. The predicted molar refractivity (Wildman–Crippen MR) is 87.1 cm³/mol. The SMILES string of the molecule is CSCCC(NC(=O)c1sc(C)nc1C)C(=O)OC(C)C. The summed E-state index contributed by atoms with van der Waals surface area (Å²) in [5.41, 5.74) is 0.691. The molecular formula is C14H22N2O3S2. The lowest BCUT2D eigenvalue weighted by atomic mass is 10.2. The average molecular weight is 330 g/mol. The fraction of sp³-hybridized carbons (Fsp3) is 0.643. The number of rotatable bonds is 7. The van der Waals surface area contributed by atoms with Gasteiger partial charge in [0, 0.05) is 0 Å². The first kappa shape index (κ1) is 18.0. The smallest absolute Gasteiger partial charge is 0.328 e. The third-order valence-corrected chi connectivity index (χ3v) is 4.38. The van der Waals surface area contributed by atoms with Crippen LogP contribution < -0.4 is 5.32 Å². The number of nitrogens with zero attached hydrogens (tertiary/aromatic N) is 1. The average Bonchev–Trinajstić information content (AvgIpc) is 2.72. The number of amides is 1. The van der Waals surface area contributed by atoms with Crippen molar-refractivity contribution in [2.24, 2.45) is 0 Å². The van der Waals surface area contributed by atoms with Crippen molar-refractivity contribution in [2.75, 3.05) is 12.0 Å². The van der Waals surface area contributed by atoms with Gasteiger partial charge in [-0.1, -0.05) is 0 Å². The van der Waals surface area contributed by atoms with E-state index < -0.39 is 6.04 Å². The normalized spacial score (nSPS) is 12.3. The van der Waals surface area contributed by atoms with Gasteiger partial charge in [0.25, 0.3) is 5.91 Å². The summed E-state index contributed by atoms with van der Waals surface area (Å²) in [6.07, 6.45) is 2.32. The van der Waals surface area contributed by atoms with Crippen LogP contribution in [0.4, 0.5) is 0 Å². The summed E-state index contributed by atoms with van der Waals surface area (Å²) in [4.78, 5) is 29.1. The van der Waals surface area contributed by atoms with Crippen LogP contribution in [0.25, 0.3) is 0 Å². The minimum Gasteiger partial charge on any atom is -0.461 e. The lowest BCUT2D eigenvalue weighted by Crippen LogP contribution is -2.43. The van der Waals surface area contributed by atoms with E-state index in [9.17, 15) is 9.59 Å². The molecule has 0 bridgehead atoms. The molecule has 1 aromatic heterocycles. The molecule has 1 amide bonds. The molecule has 0 aliphatic carbocycles. The van der Waals surface area contributed by atoms with Gasteiger partial charge in [0.1, 0.15) is 10.9 Å². The van der Waals surface area contributed by atoms with Crippen LogP contribution in [0.15, 0.2) is 0 Å². The van der Waals surface area contributed by atoms with Gasteiger partial charge >= 0.3 is 5.97 Å². The van der Waals surface area contributed by atoms with Crippen molar-refractivity contribution in [1.82, 2.24) is 10.3 Å². The summed E-state index contributed by atoms with van der Waals surface area (Å²) in [6, 6.07) is -0.617. The summed E-state index contributed by atoms with van der Waals surface area (Å²) < 4.78 is 5.21. The highest BCUT2D eigenvalue weighted by Gasteiger charge is 2.25. The van der Waals surface area contributed by atoms with Gasteiger partial charge in [-0.05, 0) is 46.1 Å². The van der Waals surface area contributed by atoms with Gasteiger partial charge in [-0.25, -0.2) is 9.78 Å². The van der Waals surface area contributed by atoms with Crippen LogP contribution in [0.1, 0.15) is 40.6 Å². The highest BCUT2D eigenvalue weighted by molar-refractivity contribution is 7.98. The molecule has 0 aliphatic rings. The molecule has 1 unspecified atom stereocenters. The van der Waals surface area contributed by atoms with E-state index in [0.29, 0.717) is 17.0 Å². The van der Waals surface area contributed by atoms with E-state index in [1.807, 2.05) is 13.2 Å². The second-order valence-corrected chi connectivity index (χ2v) is 7.13. The van der Waals surface area contributed by atoms with Gasteiger partial charge in [0.05, 0.1) is 16.8 Å². The summed E-state index contributed by atoms with van der Waals surface area (Å²) in [6.45, 7) is 7.23. The van der Waals surface area contributed by atoms with Crippen LogP contribution in [-0.2, 0) is 9.53 Å². The topological polar surface area (TPSA) is 68.3 Å². The summed E-state index contributed by atoms with van der Waals surface area (Å²) in [7, 11) is 0. The molecule has 0 aliphatic heterocycles. The van der Waals surface area contributed by atoms with E-state index in [1.165, 1.54) is 11.3 Å². The molecule has 0 saturated carbocycles. The second-order valence-electron chi connectivity index (χ2n) is 4.94. The van der Waals surface area contributed by atoms with Gasteiger partial charge in [-0.2, -0.15) is 11.8 Å². The maximum atomic E-state index is 12.3. The van der Waals surface area contributed by atoms with Crippen LogP contribution in [-0.4, -0.2) is 41.0 Å². The highest BCUT2D eigenvalue weighted by Crippen LogP contribution is 2.17. The maximum absolute atomic E-state index is 12.3. The van der Waals surface area contributed by atoms with Crippen LogP contribution >= 0.6 is 23.1 Å². The zero-order valence-corrected chi connectivity index (χ0v) is 14.7. The number of thioether (sulfide) groups is 1. The molecule has 21 heavy (non-hydrogen) atoms. The first-order chi connectivity index (χ1) is 9.85. The van der Waals surface area contributed by atoms with Crippen molar-refractivity contribution >= 4 is 35.0 Å². The molecule has 1 atom stereocenters. The van der Waals surface area contributed by atoms with Crippen molar-refractivity contribution in [3.8, 4) is 0 Å². The van der Waals surface area contributed by atoms with E-state index in [0.717, 1.165) is 10.8 Å². The second kappa shape index (κ2) is 8.38. The molecule has 1 rings (SSSR count). The molecule has 0 fully saturated rings. The molecular weight excluding hydrogens is 308 g/mol. The molecule has 0 aromatic carbocycles. The third-order valence-electron chi connectivity index (χ3n) is 2.66. The number of carbonyl (C=O) groups is 2. The number of hydrogen-bond donors (Lipinski definition) is 1. The number of nitrogens with one attached hydrogen (secondary N) is 1. The van der Waals surface area contributed by atoms with Crippen LogP contribution in [0.2, 0.25) is 0 Å². The standard InChI is InChI=1S/C14H22N2O3S2/c1-8(2)19-14(18)11(6-7-20-5)16-13(17)12-9(3)15-10(4)21-12/h8,11H,6-7H2,1-5H3,(H,16,17). The number of esters is 1. The molecule has 1 heterocycles. The zero-order valence-electron chi connectivity index (χ0n) is 13.1. The number of carbonyl (C=O) groups excluding carboxylic acids is 2. The minimum atomic E-state index is -0.617. The van der Waals surface area contributed by atoms with Crippen molar-refractivity contribution in [3.63, 3.8) is 0 Å². The van der Waals surface area contributed by atoms with Crippen LogP contribution in [0.5, 0.6) is 0 Å². The van der Waals surface area contributed by atoms with Gasteiger partial charge in [0.15, 0.2) is 0 Å². The Morgan fingerprint density at radius 2 is 2.05 bits per heavy atom. The molecule has 5 nitrogen and oxygen atoms in total. The van der Waals surface area contributed by atoms with Gasteiger partial charge in [0.2, 0.25) is 0 Å². The quantitative estimate of drug-likeness (QED) is 0.778. The first-order valence-electron chi connectivity index (χ1n) is 6.79. The number of thiazole rings is 1. The molecule has 1 N–H and O–H groups in total. The summed E-state index contributed by atoms with van der Waals surface area (Å²) in [5, 5.41) is 3.61. The van der Waals surface area contributed by atoms with Crippen LogP contribution in [0.3, 0.4) is 0 Å². The van der Waals surface area contributed by atoms with Crippen molar-refractivity contribution in [3.05, 3.63) is 15.6 Å². The number of ether oxygens (including phenoxy) is 1. The van der Waals surface area contributed by atoms with Gasteiger partial charge < -0.3 is 10.1 Å². The number of aryl methyl sites for hydroxylation is 2. The Bertz CT molecular complexity index is 500. The number of aromatic nitrogens is 1. The van der Waals surface area contributed by atoms with E-state index in [2.05, 4.69) is 10.3 Å².